The number of phenols is 1. The van der Waals surface area contributed by atoms with Gasteiger partial charge in [-0.2, -0.15) is 0 Å². The maximum Gasteiger partial charge on any atom is 0.260 e. The van der Waals surface area contributed by atoms with Crippen LogP contribution in [0.1, 0.15) is 0 Å². The number of rotatable bonds is 4. The third kappa shape index (κ3) is 3.33. The standard InChI is InChI=1S/C19H20N2O5/c22-15-3-1-2-4-16(15)24-12-19(23)21-9-7-20(8-10-21)14-5-6-17-18(11-14)26-13-25-17/h1-6,11,22H,7-10,12-13H2. The average molecular weight is 356 g/mol. The molecule has 26 heavy (non-hydrogen) atoms. The summed E-state index contributed by atoms with van der Waals surface area (Å²) in [6.45, 7) is 2.90. The third-order valence-corrected chi connectivity index (χ3v) is 4.57. The summed E-state index contributed by atoms with van der Waals surface area (Å²) in [5.74, 6) is 1.80. The van der Waals surface area contributed by atoms with Crippen molar-refractivity contribution < 1.29 is 24.1 Å². The Balaban J connectivity index is 1.30. The zero-order valence-corrected chi connectivity index (χ0v) is 14.3. The predicted molar refractivity (Wildman–Crippen MR) is 95.0 cm³/mol. The van der Waals surface area contributed by atoms with Crippen LogP contribution in [0.15, 0.2) is 42.5 Å². The van der Waals surface area contributed by atoms with E-state index in [0.29, 0.717) is 18.8 Å². The van der Waals surface area contributed by atoms with E-state index in [4.69, 9.17) is 14.2 Å². The van der Waals surface area contributed by atoms with Crippen LogP contribution in [0, 0.1) is 0 Å². The number of amides is 1. The first-order chi connectivity index (χ1) is 12.7. The lowest BCUT2D eigenvalue weighted by Gasteiger charge is -2.36. The normalized spacial score (nSPS) is 15.8. The molecule has 1 saturated heterocycles. The minimum absolute atomic E-state index is 0.0351. The molecule has 0 unspecified atom stereocenters. The average Bonchev–Trinajstić information content (AvgIpc) is 3.15. The number of aromatic hydroxyl groups is 1. The van der Waals surface area contributed by atoms with Crippen molar-refractivity contribution in [3.8, 4) is 23.0 Å². The highest BCUT2D eigenvalue weighted by Gasteiger charge is 2.23. The maximum absolute atomic E-state index is 12.3. The Hall–Kier alpha value is -3.09. The Morgan fingerprint density at radius 2 is 1.81 bits per heavy atom. The highest BCUT2D eigenvalue weighted by Crippen LogP contribution is 2.35. The Kier molecular flexibility index (Phi) is 4.43. The highest BCUT2D eigenvalue weighted by atomic mass is 16.7. The summed E-state index contributed by atoms with van der Waals surface area (Å²) in [5.41, 5.74) is 1.06. The summed E-state index contributed by atoms with van der Waals surface area (Å²) in [7, 11) is 0. The Bertz CT molecular complexity index is 802. The fourth-order valence-corrected chi connectivity index (χ4v) is 3.11. The zero-order valence-electron chi connectivity index (χ0n) is 14.3. The number of hydrogen-bond acceptors (Lipinski definition) is 6. The highest BCUT2D eigenvalue weighted by molar-refractivity contribution is 5.78. The Morgan fingerprint density at radius 1 is 1.04 bits per heavy atom. The van der Waals surface area contributed by atoms with Crippen LogP contribution in [0.25, 0.3) is 0 Å². The summed E-state index contributed by atoms with van der Waals surface area (Å²) in [6.07, 6.45) is 0. The molecule has 2 heterocycles. The lowest BCUT2D eigenvalue weighted by Crippen LogP contribution is -2.50. The van der Waals surface area contributed by atoms with Gasteiger partial charge in [0.05, 0.1) is 0 Å². The number of para-hydroxylation sites is 2. The van der Waals surface area contributed by atoms with Gasteiger partial charge in [0.15, 0.2) is 29.6 Å². The molecule has 136 valence electrons. The van der Waals surface area contributed by atoms with Gasteiger partial charge in [0.1, 0.15) is 0 Å². The summed E-state index contributed by atoms with van der Waals surface area (Å²) in [6, 6.07) is 12.5. The summed E-state index contributed by atoms with van der Waals surface area (Å²) < 4.78 is 16.2. The second-order valence-electron chi connectivity index (χ2n) is 6.16. The molecule has 2 aromatic carbocycles. The van der Waals surface area contributed by atoms with Gasteiger partial charge in [0, 0.05) is 37.9 Å². The van der Waals surface area contributed by atoms with Gasteiger partial charge in [-0.3, -0.25) is 4.79 Å². The van der Waals surface area contributed by atoms with Crippen LogP contribution in [0.3, 0.4) is 0 Å². The van der Waals surface area contributed by atoms with Crippen LogP contribution in [0.4, 0.5) is 5.69 Å². The monoisotopic (exact) mass is 356 g/mol. The molecule has 1 amide bonds. The minimum Gasteiger partial charge on any atom is -0.504 e. The first kappa shape index (κ1) is 16.4. The van der Waals surface area contributed by atoms with Gasteiger partial charge < -0.3 is 29.1 Å². The summed E-state index contributed by atoms with van der Waals surface area (Å²) >= 11 is 0. The third-order valence-electron chi connectivity index (χ3n) is 4.57. The number of carbonyl (C=O) groups excluding carboxylic acids is 1. The SMILES string of the molecule is O=C(COc1ccccc1O)N1CCN(c2ccc3c(c2)OCO3)CC1. The zero-order chi connectivity index (χ0) is 17.9. The van der Waals surface area contributed by atoms with Gasteiger partial charge in [-0.05, 0) is 24.3 Å². The summed E-state index contributed by atoms with van der Waals surface area (Å²) in [4.78, 5) is 16.3. The van der Waals surface area contributed by atoms with Crippen molar-refractivity contribution in [3.05, 3.63) is 42.5 Å². The van der Waals surface area contributed by atoms with Gasteiger partial charge in [0.2, 0.25) is 6.79 Å². The van der Waals surface area contributed by atoms with Gasteiger partial charge >= 0.3 is 0 Å². The molecule has 0 saturated carbocycles. The van der Waals surface area contributed by atoms with E-state index in [9.17, 15) is 9.90 Å². The van der Waals surface area contributed by atoms with Gasteiger partial charge in [0.25, 0.3) is 5.91 Å². The molecule has 0 aliphatic carbocycles. The van der Waals surface area contributed by atoms with Crippen LogP contribution >= 0.6 is 0 Å². The first-order valence-corrected chi connectivity index (χ1v) is 8.54. The molecule has 0 bridgehead atoms. The number of phenolic OH excluding ortho intramolecular Hbond substituents is 1. The minimum atomic E-state index is -0.0846. The van der Waals surface area contributed by atoms with E-state index in [1.165, 1.54) is 6.07 Å². The molecule has 7 nitrogen and oxygen atoms in total. The van der Waals surface area contributed by atoms with Crippen molar-refractivity contribution in [2.45, 2.75) is 0 Å². The molecule has 0 spiro atoms. The van der Waals surface area contributed by atoms with Crippen LogP contribution in [-0.4, -0.2) is 55.5 Å². The van der Waals surface area contributed by atoms with Crippen molar-refractivity contribution in [1.29, 1.82) is 0 Å². The Morgan fingerprint density at radius 3 is 2.62 bits per heavy atom. The van der Waals surface area contributed by atoms with E-state index in [-0.39, 0.29) is 25.1 Å². The smallest absolute Gasteiger partial charge is 0.260 e. The van der Waals surface area contributed by atoms with Crippen molar-refractivity contribution in [2.24, 2.45) is 0 Å². The number of nitrogens with zero attached hydrogens (tertiary/aromatic N) is 2. The van der Waals surface area contributed by atoms with Crippen molar-refractivity contribution in [2.75, 3.05) is 44.5 Å². The molecule has 2 aliphatic heterocycles. The second kappa shape index (κ2) is 7.03. The number of ether oxygens (including phenoxy) is 3. The van der Waals surface area contributed by atoms with Crippen molar-refractivity contribution >= 4 is 11.6 Å². The number of carbonyl (C=O) groups is 1. The summed E-state index contributed by atoms with van der Waals surface area (Å²) in [5, 5.41) is 9.69. The Labute approximate surface area is 151 Å². The largest absolute Gasteiger partial charge is 0.504 e. The molecule has 2 aromatic rings. The van der Waals surface area contributed by atoms with Crippen LogP contribution in [-0.2, 0) is 4.79 Å². The maximum atomic E-state index is 12.3. The van der Waals surface area contributed by atoms with Crippen molar-refractivity contribution in [1.82, 2.24) is 4.90 Å². The number of anilines is 1. The number of benzene rings is 2. The number of hydrogen-bond donors (Lipinski definition) is 1. The van der Waals surface area contributed by atoms with E-state index >= 15 is 0 Å². The van der Waals surface area contributed by atoms with Gasteiger partial charge in [-0.1, -0.05) is 12.1 Å². The van der Waals surface area contributed by atoms with E-state index in [0.717, 1.165) is 30.3 Å². The number of piperazine rings is 1. The number of fused-ring (bicyclic) bond motifs is 1. The molecule has 2 aliphatic rings. The molecule has 7 heteroatoms. The molecule has 1 fully saturated rings. The van der Waals surface area contributed by atoms with Gasteiger partial charge in [-0.15, -0.1) is 0 Å². The lowest BCUT2D eigenvalue weighted by molar-refractivity contribution is -0.133. The molecule has 4 rings (SSSR count). The van der Waals surface area contributed by atoms with Gasteiger partial charge in [-0.25, -0.2) is 0 Å². The van der Waals surface area contributed by atoms with E-state index in [2.05, 4.69) is 4.90 Å². The topological polar surface area (TPSA) is 71.5 Å². The molecule has 0 atom stereocenters. The quantitative estimate of drug-likeness (QED) is 0.902. The molecule has 1 N–H and O–H groups in total. The van der Waals surface area contributed by atoms with E-state index < -0.39 is 0 Å². The lowest BCUT2D eigenvalue weighted by atomic mass is 10.2. The van der Waals surface area contributed by atoms with Crippen LogP contribution in [0.5, 0.6) is 23.0 Å². The predicted octanol–water partition coefficient (Wildman–Crippen LogP) is 1.85. The molecular formula is C19H20N2O5. The second-order valence-corrected chi connectivity index (χ2v) is 6.16. The van der Waals surface area contributed by atoms with E-state index in [1.54, 1.807) is 23.1 Å². The first-order valence-electron chi connectivity index (χ1n) is 8.54. The van der Waals surface area contributed by atoms with E-state index in [1.807, 2.05) is 18.2 Å². The fraction of sp³-hybridized carbons (Fsp3) is 0.316. The molecule has 0 radical (unpaired) electrons. The fourth-order valence-electron chi connectivity index (χ4n) is 3.11. The van der Waals surface area contributed by atoms with Crippen molar-refractivity contribution in [3.63, 3.8) is 0 Å². The molecular weight excluding hydrogens is 336 g/mol. The van der Waals surface area contributed by atoms with Crippen LogP contribution in [0.2, 0.25) is 0 Å². The molecule has 0 aromatic heterocycles. The van der Waals surface area contributed by atoms with Crippen LogP contribution < -0.4 is 19.1 Å².